The van der Waals surface area contributed by atoms with Crippen LogP contribution in [0.5, 0.6) is 0 Å². The first kappa shape index (κ1) is 31.0. The lowest BCUT2D eigenvalue weighted by atomic mass is 10.0. The van der Waals surface area contributed by atoms with Crippen LogP contribution < -0.4 is 11.3 Å². The largest absolute Gasteiger partial charge is 0.490 e. The van der Waals surface area contributed by atoms with Gasteiger partial charge in [0.25, 0.3) is 5.56 Å². The molecule has 0 spiro atoms. The highest BCUT2D eigenvalue weighted by Crippen LogP contribution is 2.30. The van der Waals surface area contributed by atoms with Gasteiger partial charge >= 0.3 is 12.1 Å². The maximum absolute atomic E-state index is 13.9. The molecule has 0 saturated heterocycles. The number of nitrogens with zero attached hydrogens (tertiary/aromatic N) is 4. The van der Waals surface area contributed by atoms with E-state index in [0.29, 0.717) is 30.3 Å². The van der Waals surface area contributed by atoms with Crippen molar-refractivity contribution in [2.24, 2.45) is 11.7 Å². The lowest BCUT2D eigenvalue weighted by molar-refractivity contribution is -0.192. The van der Waals surface area contributed by atoms with Gasteiger partial charge in [-0.1, -0.05) is 56.3 Å². The van der Waals surface area contributed by atoms with Crippen LogP contribution >= 0.6 is 0 Å². The van der Waals surface area contributed by atoms with Crippen LogP contribution in [0.25, 0.3) is 33.2 Å². The molecule has 0 amide bonds. The molecule has 0 aliphatic carbocycles. The van der Waals surface area contributed by atoms with Gasteiger partial charge < -0.3 is 20.0 Å². The highest BCUT2D eigenvalue weighted by Gasteiger charge is 2.38. The summed E-state index contributed by atoms with van der Waals surface area (Å²) < 4.78 is 35.7. The number of aromatic nitrogens is 3. The Morgan fingerprint density at radius 2 is 1.63 bits per heavy atom. The number of fused-ring (bicyclic) bond motifs is 2. The minimum absolute atomic E-state index is 0.126. The molecule has 3 N–H and O–H groups in total. The topological polar surface area (TPSA) is 127 Å². The van der Waals surface area contributed by atoms with E-state index in [4.69, 9.17) is 25.9 Å². The average molecular weight is 590 g/mol. The van der Waals surface area contributed by atoms with Crippen molar-refractivity contribution in [3.8, 4) is 17.3 Å². The number of hydrogen-bond donors (Lipinski definition) is 2. The predicted molar refractivity (Wildman–Crippen MR) is 158 cm³/mol. The molecule has 2 aromatic heterocycles. The van der Waals surface area contributed by atoms with Crippen molar-refractivity contribution < 1.29 is 23.1 Å². The summed E-state index contributed by atoms with van der Waals surface area (Å²) >= 11 is 0. The van der Waals surface area contributed by atoms with E-state index in [9.17, 15) is 18.0 Å². The van der Waals surface area contributed by atoms with Crippen molar-refractivity contribution in [1.29, 1.82) is 5.26 Å². The molecule has 11 heteroatoms. The average Bonchev–Trinajstić information content (AvgIpc) is 3.32. The number of para-hydroxylation sites is 3. The van der Waals surface area contributed by atoms with E-state index >= 15 is 0 Å². The van der Waals surface area contributed by atoms with Crippen LogP contribution in [-0.4, -0.2) is 37.4 Å². The number of nitrogens with two attached hydrogens (primary N) is 1. The molecule has 0 radical (unpaired) electrons. The fourth-order valence-electron chi connectivity index (χ4n) is 4.91. The molecule has 43 heavy (non-hydrogen) atoms. The van der Waals surface area contributed by atoms with Crippen LogP contribution in [0.4, 0.5) is 13.2 Å². The van der Waals surface area contributed by atoms with Crippen LogP contribution in [-0.2, 0) is 17.9 Å². The number of aliphatic carboxylic acids is 1. The summed E-state index contributed by atoms with van der Waals surface area (Å²) in [5, 5.41) is 17.2. The van der Waals surface area contributed by atoms with Crippen LogP contribution in [0.15, 0.2) is 83.8 Å². The number of rotatable bonds is 7. The Kier molecular flexibility index (Phi) is 9.31. The molecule has 3 aromatic carbocycles. The molecule has 0 aliphatic heterocycles. The number of halogens is 3. The lowest BCUT2D eigenvalue weighted by Gasteiger charge is -2.18. The van der Waals surface area contributed by atoms with Crippen LogP contribution in [0.2, 0.25) is 0 Å². The van der Waals surface area contributed by atoms with Gasteiger partial charge in [-0.2, -0.15) is 18.4 Å². The molecule has 1 unspecified atom stereocenters. The van der Waals surface area contributed by atoms with Gasteiger partial charge in [0.05, 0.1) is 22.7 Å². The second-order valence-electron chi connectivity index (χ2n) is 10.6. The summed E-state index contributed by atoms with van der Waals surface area (Å²) in [6.07, 6.45) is -2.23. The van der Waals surface area contributed by atoms with E-state index in [0.717, 1.165) is 39.5 Å². The number of carboxylic acids is 1. The quantitative estimate of drug-likeness (QED) is 0.242. The van der Waals surface area contributed by atoms with E-state index in [1.165, 1.54) is 0 Å². The summed E-state index contributed by atoms with van der Waals surface area (Å²) in [7, 11) is 0. The molecule has 2 heterocycles. The van der Waals surface area contributed by atoms with E-state index in [2.05, 4.69) is 30.6 Å². The lowest BCUT2D eigenvalue weighted by Crippen LogP contribution is -2.34. The van der Waals surface area contributed by atoms with Crippen molar-refractivity contribution in [3.05, 3.63) is 100 Å². The third-order valence-corrected chi connectivity index (χ3v) is 6.77. The third-order valence-electron chi connectivity index (χ3n) is 6.77. The second-order valence-corrected chi connectivity index (χ2v) is 10.6. The molecular weight excluding hydrogens is 559 g/mol. The normalized spacial score (nSPS) is 12.1. The van der Waals surface area contributed by atoms with E-state index in [1.54, 1.807) is 4.57 Å². The standard InChI is InChI=1S/C30H29N5O.C2HF3O2/c1-20(2)15-23(32)18-35-28-10-6-4-8-26(28)33-29(30(35)36)25-19-34(27-9-5-3-7-24(25)27)17-22-13-11-21(16-31)12-14-22;3-2(4,5)1(6)7/h3-14,19-20,23H,15,17-18,32H2,1-2H3;(H,6,7). The minimum Gasteiger partial charge on any atom is -0.475 e. The molecule has 222 valence electrons. The van der Waals surface area contributed by atoms with Gasteiger partial charge in [-0.3, -0.25) is 4.79 Å². The van der Waals surface area contributed by atoms with Gasteiger partial charge in [-0.15, -0.1) is 0 Å². The van der Waals surface area contributed by atoms with Gasteiger partial charge in [0, 0.05) is 41.8 Å². The zero-order valence-electron chi connectivity index (χ0n) is 23.5. The molecular formula is C32H30F3N5O3. The Bertz CT molecular complexity index is 1850. The van der Waals surface area contributed by atoms with Gasteiger partial charge in [0.1, 0.15) is 5.69 Å². The fourth-order valence-corrected chi connectivity index (χ4v) is 4.91. The zero-order valence-corrected chi connectivity index (χ0v) is 23.5. The van der Waals surface area contributed by atoms with E-state index in [1.807, 2.05) is 72.9 Å². The third kappa shape index (κ3) is 7.28. The summed E-state index contributed by atoms with van der Waals surface area (Å²) in [6, 6.07) is 25.4. The Morgan fingerprint density at radius 3 is 2.23 bits per heavy atom. The van der Waals surface area contributed by atoms with Gasteiger partial charge in [0.2, 0.25) is 0 Å². The number of benzene rings is 3. The maximum atomic E-state index is 13.9. The smallest absolute Gasteiger partial charge is 0.475 e. The van der Waals surface area contributed by atoms with E-state index < -0.39 is 12.1 Å². The maximum Gasteiger partial charge on any atom is 0.490 e. The van der Waals surface area contributed by atoms with Gasteiger partial charge in [0.15, 0.2) is 0 Å². The van der Waals surface area contributed by atoms with Crippen LogP contribution in [0.1, 0.15) is 31.4 Å². The molecule has 0 aliphatic rings. The molecule has 5 aromatic rings. The number of nitriles is 1. The Balaban J connectivity index is 0.000000541. The highest BCUT2D eigenvalue weighted by atomic mass is 19.4. The fraction of sp³-hybridized carbons (Fsp3) is 0.250. The zero-order chi connectivity index (χ0) is 31.3. The molecule has 0 bridgehead atoms. The van der Waals surface area contributed by atoms with Crippen molar-refractivity contribution in [2.75, 3.05) is 0 Å². The Hall–Kier alpha value is -4.95. The van der Waals surface area contributed by atoms with E-state index in [-0.39, 0.29) is 11.6 Å². The van der Waals surface area contributed by atoms with Gasteiger partial charge in [-0.25, -0.2) is 9.78 Å². The first-order chi connectivity index (χ1) is 20.4. The molecule has 8 nitrogen and oxygen atoms in total. The van der Waals surface area contributed by atoms with Crippen molar-refractivity contribution in [3.63, 3.8) is 0 Å². The molecule has 0 saturated carbocycles. The summed E-state index contributed by atoms with van der Waals surface area (Å²) in [5.41, 5.74) is 11.9. The number of carbonyl (C=O) groups is 1. The number of alkyl halides is 3. The van der Waals surface area contributed by atoms with Gasteiger partial charge in [-0.05, 0) is 48.2 Å². The molecule has 0 fully saturated rings. The van der Waals surface area contributed by atoms with Crippen LogP contribution in [0.3, 0.4) is 0 Å². The van der Waals surface area contributed by atoms with Crippen LogP contribution in [0, 0.1) is 17.2 Å². The summed E-state index contributed by atoms with van der Waals surface area (Å²) in [4.78, 5) is 27.6. The Morgan fingerprint density at radius 1 is 1.02 bits per heavy atom. The monoisotopic (exact) mass is 589 g/mol. The molecule has 1 atom stereocenters. The predicted octanol–water partition coefficient (Wildman–Crippen LogP) is 5.94. The SMILES string of the molecule is CC(C)CC(N)Cn1c(=O)c(-c2cn(Cc3ccc(C#N)cc3)c3ccccc23)nc2ccccc21.O=C(O)C(F)(F)F. The Labute approximate surface area is 245 Å². The van der Waals surface area contributed by atoms with Crippen molar-refractivity contribution >= 4 is 27.9 Å². The minimum atomic E-state index is -5.08. The highest BCUT2D eigenvalue weighted by molar-refractivity contribution is 5.96. The number of carboxylic acid groups (broad SMARTS) is 1. The van der Waals surface area contributed by atoms with Crippen molar-refractivity contribution in [2.45, 2.75) is 45.6 Å². The summed E-state index contributed by atoms with van der Waals surface area (Å²) in [6.45, 7) is 5.34. The summed E-state index contributed by atoms with van der Waals surface area (Å²) in [5.74, 6) is -2.31. The van der Waals surface area contributed by atoms with Crippen molar-refractivity contribution in [1.82, 2.24) is 14.1 Å². The first-order valence-corrected chi connectivity index (χ1v) is 13.5. The second kappa shape index (κ2) is 12.9. The molecule has 5 rings (SSSR count). The first-order valence-electron chi connectivity index (χ1n) is 13.5. The number of hydrogen-bond acceptors (Lipinski definition) is 5.